The summed E-state index contributed by atoms with van der Waals surface area (Å²) in [4.78, 5) is 23.4. The molecule has 0 aliphatic carbocycles. The molecule has 0 saturated carbocycles. The van der Waals surface area contributed by atoms with Crippen LogP contribution in [-0.2, 0) is 16.0 Å². The Hall–Kier alpha value is -1.93. The number of phenolic OH excluding ortho intramolecular Hbond substituents is 1. The lowest BCUT2D eigenvalue weighted by atomic mass is 10.1. The molecule has 1 rings (SSSR count). The largest absolute Gasteiger partial charge is 0.508 e. The van der Waals surface area contributed by atoms with Gasteiger partial charge in [0.15, 0.2) is 0 Å². The molecule has 0 aliphatic rings. The van der Waals surface area contributed by atoms with E-state index >= 15 is 0 Å². The van der Waals surface area contributed by atoms with Crippen LogP contribution in [0.15, 0.2) is 29.3 Å². The highest BCUT2D eigenvalue weighted by molar-refractivity contribution is 5.83. The predicted molar refractivity (Wildman–Crippen MR) is 44.9 cm³/mol. The number of phenols is 1. The van der Waals surface area contributed by atoms with Crippen LogP contribution in [0.5, 0.6) is 5.75 Å². The molecule has 0 spiro atoms. The number of carbonyl (C=O) groups excluding carboxylic acids is 2. The average molecular weight is 177 g/mol. The number of amides is 1. The standard InChI is InChI=1S/C9H7NO3/c11-6-10-9(13)5-7-1-3-8(12)4-2-7/h1-4,12H,5H2. The first-order valence-corrected chi connectivity index (χ1v) is 3.61. The van der Waals surface area contributed by atoms with E-state index in [0.29, 0.717) is 5.56 Å². The lowest BCUT2D eigenvalue weighted by Crippen LogP contribution is -1.97. The summed E-state index contributed by atoms with van der Waals surface area (Å²) in [5.41, 5.74) is 0.696. The lowest BCUT2D eigenvalue weighted by Gasteiger charge is -1.95. The molecule has 0 aromatic heterocycles. The highest BCUT2D eigenvalue weighted by Gasteiger charge is 2.00. The fraction of sp³-hybridized carbons (Fsp3) is 0.111. The Morgan fingerprint density at radius 3 is 2.54 bits per heavy atom. The Morgan fingerprint density at radius 2 is 2.00 bits per heavy atom. The predicted octanol–water partition coefficient (Wildman–Crippen LogP) is 0.797. The van der Waals surface area contributed by atoms with Crippen molar-refractivity contribution in [2.45, 2.75) is 6.42 Å². The maximum absolute atomic E-state index is 10.8. The van der Waals surface area contributed by atoms with Crippen LogP contribution in [0.25, 0.3) is 0 Å². The molecule has 1 N–H and O–H groups in total. The number of hydrogen-bond acceptors (Lipinski definition) is 3. The Balaban J connectivity index is 2.69. The van der Waals surface area contributed by atoms with E-state index in [1.54, 1.807) is 12.1 Å². The lowest BCUT2D eigenvalue weighted by molar-refractivity contribution is -0.117. The molecule has 0 aliphatic heterocycles. The van der Waals surface area contributed by atoms with Crippen LogP contribution in [0.1, 0.15) is 5.56 Å². The summed E-state index contributed by atoms with van der Waals surface area (Å²) in [6.07, 6.45) is 1.23. The first-order valence-electron chi connectivity index (χ1n) is 3.61. The minimum atomic E-state index is -0.541. The van der Waals surface area contributed by atoms with E-state index in [2.05, 4.69) is 4.99 Å². The van der Waals surface area contributed by atoms with Crippen molar-refractivity contribution >= 4 is 12.0 Å². The van der Waals surface area contributed by atoms with Crippen molar-refractivity contribution in [3.05, 3.63) is 29.8 Å². The molecule has 0 heterocycles. The molecule has 1 amide bonds. The van der Waals surface area contributed by atoms with Crippen molar-refractivity contribution in [3.8, 4) is 5.75 Å². The summed E-state index contributed by atoms with van der Waals surface area (Å²) < 4.78 is 0. The van der Waals surface area contributed by atoms with Crippen LogP contribution in [0.3, 0.4) is 0 Å². The maximum Gasteiger partial charge on any atom is 0.260 e. The molecule has 1 aromatic rings. The van der Waals surface area contributed by atoms with E-state index in [-0.39, 0.29) is 12.2 Å². The molecule has 0 fully saturated rings. The second-order valence-corrected chi connectivity index (χ2v) is 2.44. The van der Waals surface area contributed by atoms with E-state index < -0.39 is 5.91 Å². The molecular formula is C9H7NO3. The second-order valence-electron chi connectivity index (χ2n) is 2.44. The van der Waals surface area contributed by atoms with Gasteiger partial charge in [-0.3, -0.25) is 4.79 Å². The third-order valence-corrected chi connectivity index (χ3v) is 1.46. The van der Waals surface area contributed by atoms with Gasteiger partial charge in [0.25, 0.3) is 5.91 Å². The maximum atomic E-state index is 10.8. The topological polar surface area (TPSA) is 66.7 Å². The number of nitrogens with zero attached hydrogens (tertiary/aromatic N) is 1. The first kappa shape index (κ1) is 9.16. The highest BCUT2D eigenvalue weighted by atomic mass is 16.3. The smallest absolute Gasteiger partial charge is 0.260 e. The Bertz CT molecular complexity index is 350. The van der Waals surface area contributed by atoms with Crippen LogP contribution >= 0.6 is 0 Å². The van der Waals surface area contributed by atoms with Gasteiger partial charge in [0, 0.05) is 0 Å². The van der Waals surface area contributed by atoms with Gasteiger partial charge in [0.1, 0.15) is 5.75 Å². The Labute approximate surface area is 74.5 Å². The van der Waals surface area contributed by atoms with Gasteiger partial charge >= 0.3 is 0 Å². The monoisotopic (exact) mass is 177 g/mol. The molecule has 0 radical (unpaired) electrons. The normalized spacial score (nSPS) is 8.92. The SMILES string of the molecule is O=C=NC(=O)Cc1ccc(O)cc1. The van der Waals surface area contributed by atoms with Crippen molar-refractivity contribution in [1.29, 1.82) is 0 Å². The molecule has 0 atom stereocenters. The molecule has 4 nitrogen and oxygen atoms in total. The molecule has 0 bridgehead atoms. The number of rotatable bonds is 2. The number of aliphatic imine (C=N–C) groups is 1. The zero-order valence-corrected chi connectivity index (χ0v) is 6.73. The minimum Gasteiger partial charge on any atom is -0.508 e. The summed E-state index contributed by atoms with van der Waals surface area (Å²) in [5, 5.41) is 8.92. The third kappa shape index (κ3) is 2.89. The summed E-state index contributed by atoms with van der Waals surface area (Å²) in [5.74, 6) is -0.407. The van der Waals surface area contributed by atoms with E-state index in [1.807, 2.05) is 0 Å². The van der Waals surface area contributed by atoms with Gasteiger partial charge in [-0.15, -0.1) is 4.99 Å². The zero-order chi connectivity index (χ0) is 9.68. The summed E-state index contributed by atoms with van der Waals surface area (Å²) in [6, 6.07) is 6.11. The van der Waals surface area contributed by atoms with E-state index in [4.69, 9.17) is 5.11 Å². The fourth-order valence-corrected chi connectivity index (χ4v) is 0.879. The molecular weight excluding hydrogens is 170 g/mol. The van der Waals surface area contributed by atoms with Gasteiger partial charge in [-0.05, 0) is 17.7 Å². The number of aromatic hydroxyl groups is 1. The number of carbonyl (C=O) groups is 1. The summed E-state index contributed by atoms with van der Waals surface area (Å²) >= 11 is 0. The van der Waals surface area contributed by atoms with Gasteiger partial charge < -0.3 is 5.11 Å². The van der Waals surface area contributed by atoms with Gasteiger partial charge in [-0.1, -0.05) is 12.1 Å². The molecule has 0 unspecified atom stereocenters. The highest BCUT2D eigenvalue weighted by Crippen LogP contribution is 2.10. The van der Waals surface area contributed by atoms with Gasteiger partial charge in [0.05, 0.1) is 6.42 Å². The Morgan fingerprint density at radius 1 is 1.38 bits per heavy atom. The molecule has 1 aromatic carbocycles. The van der Waals surface area contributed by atoms with Crippen molar-refractivity contribution in [2.75, 3.05) is 0 Å². The first-order chi connectivity index (χ1) is 6.22. The van der Waals surface area contributed by atoms with Gasteiger partial charge in [0.2, 0.25) is 6.08 Å². The van der Waals surface area contributed by atoms with Gasteiger partial charge in [-0.25, -0.2) is 4.79 Å². The number of hydrogen-bond donors (Lipinski definition) is 1. The molecule has 66 valence electrons. The molecule has 0 saturated heterocycles. The third-order valence-electron chi connectivity index (χ3n) is 1.46. The van der Waals surface area contributed by atoms with Crippen molar-refractivity contribution in [3.63, 3.8) is 0 Å². The van der Waals surface area contributed by atoms with Crippen LogP contribution < -0.4 is 0 Å². The van der Waals surface area contributed by atoms with Crippen LogP contribution in [-0.4, -0.2) is 17.1 Å². The fourth-order valence-electron chi connectivity index (χ4n) is 0.879. The van der Waals surface area contributed by atoms with Crippen molar-refractivity contribution in [1.82, 2.24) is 0 Å². The van der Waals surface area contributed by atoms with Crippen LogP contribution in [0, 0.1) is 0 Å². The quantitative estimate of drug-likeness (QED) is 0.536. The van der Waals surface area contributed by atoms with Gasteiger partial charge in [-0.2, -0.15) is 0 Å². The Kier molecular flexibility index (Phi) is 2.95. The van der Waals surface area contributed by atoms with Crippen molar-refractivity contribution < 1.29 is 14.7 Å². The number of isocyanates is 1. The molecule has 13 heavy (non-hydrogen) atoms. The minimum absolute atomic E-state index is 0.0511. The van der Waals surface area contributed by atoms with Crippen LogP contribution in [0.2, 0.25) is 0 Å². The average Bonchev–Trinajstić information content (AvgIpc) is 2.09. The van der Waals surface area contributed by atoms with Crippen molar-refractivity contribution in [2.24, 2.45) is 4.99 Å². The summed E-state index contributed by atoms with van der Waals surface area (Å²) in [6.45, 7) is 0. The second kappa shape index (κ2) is 4.18. The number of benzene rings is 1. The van der Waals surface area contributed by atoms with E-state index in [1.165, 1.54) is 18.2 Å². The summed E-state index contributed by atoms with van der Waals surface area (Å²) in [7, 11) is 0. The van der Waals surface area contributed by atoms with E-state index in [9.17, 15) is 9.59 Å². The van der Waals surface area contributed by atoms with E-state index in [0.717, 1.165) is 0 Å². The van der Waals surface area contributed by atoms with Crippen LogP contribution in [0.4, 0.5) is 0 Å². The zero-order valence-electron chi connectivity index (χ0n) is 6.73. The molecule has 4 heteroatoms.